The number of fused-ring (bicyclic) bond motifs is 1. The Morgan fingerprint density at radius 1 is 1.05 bits per heavy atom. The molecular formula is C34H48N2O4. The molecule has 0 spiro atoms. The van der Waals surface area contributed by atoms with E-state index in [0.29, 0.717) is 24.6 Å². The Hall–Kier alpha value is -2.70. The fraction of sp³-hybridized carbons (Fsp3) is 0.588. The van der Waals surface area contributed by atoms with Gasteiger partial charge in [-0.1, -0.05) is 82.3 Å². The molecule has 4 rings (SSSR count). The van der Waals surface area contributed by atoms with E-state index in [-0.39, 0.29) is 29.4 Å². The van der Waals surface area contributed by atoms with Crippen LogP contribution in [0.3, 0.4) is 0 Å². The van der Waals surface area contributed by atoms with Crippen LogP contribution < -0.4 is 11.1 Å². The van der Waals surface area contributed by atoms with Gasteiger partial charge in [-0.05, 0) is 67.0 Å². The molecule has 40 heavy (non-hydrogen) atoms. The zero-order valence-electron chi connectivity index (χ0n) is 24.6. The minimum atomic E-state index is -0.401. The molecule has 2 aromatic rings. The van der Waals surface area contributed by atoms with Gasteiger partial charge >= 0.3 is 5.97 Å². The van der Waals surface area contributed by atoms with Gasteiger partial charge in [-0.2, -0.15) is 0 Å². The number of hydrogen-bond donors (Lipinski definition) is 2. The van der Waals surface area contributed by atoms with Gasteiger partial charge in [0.15, 0.2) is 0 Å². The summed E-state index contributed by atoms with van der Waals surface area (Å²) in [6, 6.07) is 15.8. The van der Waals surface area contributed by atoms with Crippen LogP contribution in [-0.4, -0.2) is 37.7 Å². The second-order valence-corrected chi connectivity index (χ2v) is 11.8. The molecule has 0 radical (unpaired) electrons. The molecule has 2 aromatic carbocycles. The Balaban J connectivity index is 1.50. The molecule has 6 nitrogen and oxygen atoms in total. The maximum atomic E-state index is 13.4. The quantitative estimate of drug-likeness (QED) is 0.296. The third-order valence-electron chi connectivity index (χ3n) is 9.64. The molecule has 6 heteroatoms. The second kappa shape index (κ2) is 14.3. The van der Waals surface area contributed by atoms with E-state index in [4.69, 9.17) is 15.2 Å². The Morgan fingerprint density at radius 3 is 2.42 bits per heavy atom. The largest absolute Gasteiger partial charge is 0.461 e. The summed E-state index contributed by atoms with van der Waals surface area (Å²) in [5.74, 6) is -0.0251. The molecule has 3 atom stereocenters. The highest BCUT2D eigenvalue weighted by molar-refractivity contribution is 5.93. The van der Waals surface area contributed by atoms with Crippen molar-refractivity contribution in [1.82, 2.24) is 5.32 Å². The number of carbonyl (C=O) groups is 2. The molecule has 0 aromatic heterocycles. The molecule has 3 unspecified atom stereocenters. The van der Waals surface area contributed by atoms with Crippen molar-refractivity contribution in [2.75, 3.05) is 13.7 Å². The number of carbonyl (C=O) groups excluding carboxylic acids is 2. The Labute approximate surface area is 240 Å². The topological polar surface area (TPSA) is 90.7 Å². The molecule has 0 heterocycles. The van der Waals surface area contributed by atoms with Crippen LogP contribution in [0.25, 0.3) is 0 Å². The van der Waals surface area contributed by atoms with Crippen LogP contribution in [0, 0.1) is 11.8 Å². The number of primary amides is 1. The fourth-order valence-corrected chi connectivity index (χ4v) is 7.26. The minimum Gasteiger partial charge on any atom is -0.461 e. The summed E-state index contributed by atoms with van der Waals surface area (Å²) >= 11 is 0. The Kier molecular flexibility index (Phi) is 10.8. The number of esters is 1. The van der Waals surface area contributed by atoms with Gasteiger partial charge in [-0.25, -0.2) is 0 Å². The van der Waals surface area contributed by atoms with E-state index in [1.165, 1.54) is 43.2 Å². The Bertz CT molecular complexity index is 1110. The van der Waals surface area contributed by atoms with Crippen LogP contribution in [0.4, 0.5) is 0 Å². The van der Waals surface area contributed by atoms with E-state index in [9.17, 15) is 9.59 Å². The van der Waals surface area contributed by atoms with E-state index < -0.39 is 5.91 Å². The smallest absolute Gasteiger partial charge is 0.309 e. The third-order valence-corrected chi connectivity index (χ3v) is 9.64. The summed E-state index contributed by atoms with van der Waals surface area (Å²) < 4.78 is 11.9. The lowest BCUT2D eigenvalue weighted by atomic mass is 9.62. The van der Waals surface area contributed by atoms with Crippen molar-refractivity contribution in [3.05, 3.63) is 70.8 Å². The molecule has 1 amide bonds. The number of nitrogens with two attached hydrogens (primary N) is 1. The van der Waals surface area contributed by atoms with Crippen molar-refractivity contribution in [3.63, 3.8) is 0 Å². The van der Waals surface area contributed by atoms with Gasteiger partial charge in [-0.3, -0.25) is 9.59 Å². The maximum Gasteiger partial charge on any atom is 0.309 e. The molecule has 1 fully saturated rings. The van der Waals surface area contributed by atoms with Crippen molar-refractivity contribution in [2.45, 2.75) is 102 Å². The van der Waals surface area contributed by atoms with Gasteiger partial charge in [0.1, 0.15) is 6.61 Å². The number of ether oxygens (including phenoxy) is 2. The predicted molar refractivity (Wildman–Crippen MR) is 159 cm³/mol. The molecule has 3 N–H and O–H groups in total. The van der Waals surface area contributed by atoms with E-state index in [2.05, 4.69) is 19.2 Å². The maximum absolute atomic E-state index is 13.4. The lowest BCUT2D eigenvalue weighted by molar-refractivity contribution is -0.151. The number of hydrogen-bond acceptors (Lipinski definition) is 5. The van der Waals surface area contributed by atoms with Crippen LogP contribution in [0.15, 0.2) is 48.5 Å². The molecule has 0 aliphatic heterocycles. The van der Waals surface area contributed by atoms with Gasteiger partial charge in [0.25, 0.3) is 0 Å². The summed E-state index contributed by atoms with van der Waals surface area (Å²) in [6.07, 6.45) is 10.4. The SMILES string of the molecule is CCC1(CC)c2cc(C(N)=O)ccc2CC(OC)C1NCCC(CC1CCCCC1)C(=O)OCc1ccccc1. The van der Waals surface area contributed by atoms with Crippen molar-refractivity contribution in [1.29, 1.82) is 0 Å². The lowest BCUT2D eigenvalue weighted by Gasteiger charge is -2.49. The number of amides is 1. The van der Waals surface area contributed by atoms with Crippen molar-refractivity contribution in [3.8, 4) is 0 Å². The fourth-order valence-electron chi connectivity index (χ4n) is 7.26. The Morgan fingerprint density at radius 2 is 1.77 bits per heavy atom. The summed E-state index contributed by atoms with van der Waals surface area (Å²) in [5.41, 5.74) is 9.44. The lowest BCUT2D eigenvalue weighted by Crippen LogP contribution is -2.59. The highest BCUT2D eigenvalue weighted by Gasteiger charge is 2.47. The first-order chi connectivity index (χ1) is 19.4. The average Bonchev–Trinajstić information content (AvgIpc) is 2.99. The monoisotopic (exact) mass is 548 g/mol. The number of methoxy groups -OCH3 is 1. The summed E-state index contributed by atoms with van der Waals surface area (Å²) in [5, 5.41) is 3.85. The minimum absolute atomic E-state index is 0.00588. The van der Waals surface area contributed by atoms with Crippen LogP contribution in [0.1, 0.15) is 98.7 Å². The standard InChI is InChI=1S/C34H48N2O4/c1-4-34(5-2)29-21-27(32(35)37)17-16-26(29)22-30(39-3)31(34)36-19-18-28(20-24-12-8-6-9-13-24)33(38)40-23-25-14-10-7-11-15-25/h7,10-11,14-17,21,24,28,30-31,36H,4-6,8-9,12-13,18-20,22-23H2,1-3H3,(H2,35,37). The zero-order valence-corrected chi connectivity index (χ0v) is 24.6. The first-order valence-electron chi connectivity index (χ1n) is 15.3. The molecular weight excluding hydrogens is 500 g/mol. The molecule has 0 saturated heterocycles. The second-order valence-electron chi connectivity index (χ2n) is 11.8. The summed E-state index contributed by atoms with van der Waals surface area (Å²) in [6.45, 7) is 5.44. The van der Waals surface area contributed by atoms with Crippen LogP contribution >= 0.6 is 0 Å². The first kappa shape index (κ1) is 30.3. The van der Waals surface area contributed by atoms with Crippen molar-refractivity contribution in [2.24, 2.45) is 17.6 Å². The van der Waals surface area contributed by atoms with E-state index in [1.54, 1.807) is 7.11 Å². The van der Waals surface area contributed by atoms with Crippen LogP contribution in [-0.2, 0) is 32.7 Å². The first-order valence-corrected chi connectivity index (χ1v) is 15.3. The predicted octanol–water partition coefficient (Wildman–Crippen LogP) is 6.09. The van der Waals surface area contributed by atoms with Crippen LogP contribution in [0.2, 0.25) is 0 Å². The highest BCUT2D eigenvalue weighted by Crippen LogP contribution is 2.44. The zero-order chi connectivity index (χ0) is 28.5. The number of rotatable bonds is 13. The van der Waals surface area contributed by atoms with Gasteiger partial charge in [-0.15, -0.1) is 0 Å². The van der Waals surface area contributed by atoms with Crippen molar-refractivity contribution >= 4 is 11.9 Å². The van der Waals surface area contributed by atoms with Gasteiger partial charge < -0.3 is 20.5 Å². The average molecular weight is 549 g/mol. The highest BCUT2D eigenvalue weighted by atomic mass is 16.5. The van der Waals surface area contributed by atoms with E-state index in [1.807, 2.05) is 48.5 Å². The number of nitrogens with one attached hydrogen (secondary N) is 1. The molecule has 2 aliphatic rings. The molecule has 218 valence electrons. The van der Waals surface area contributed by atoms with E-state index >= 15 is 0 Å². The number of benzene rings is 2. The molecule has 1 saturated carbocycles. The van der Waals surface area contributed by atoms with Crippen molar-refractivity contribution < 1.29 is 19.1 Å². The molecule has 2 aliphatic carbocycles. The third kappa shape index (κ3) is 6.95. The van der Waals surface area contributed by atoms with Gasteiger partial charge in [0.05, 0.1) is 12.0 Å². The molecule has 0 bridgehead atoms. The summed E-state index contributed by atoms with van der Waals surface area (Å²) in [7, 11) is 1.78. The normalized spacial score (nSPS) is 21.4. The summed E-state index contributed by atoms with van der Waals surface area (Å²) in [4.78, 5) is 25.4. The van der Waals surface area contributed by atoms with Gasteiger partial charge in [0, 0.05) is 30.6 Å². The van der Waals surface area contributed by atoms with Crippen LogP contribution in [0.5, 0.6) is 0 Å². The van der Waals surface area contributed by atoms with E-state index in [0.717, 1.165) is 37.7 Å². The van der Waals surface area contributed by atoms with Gasteiger partial charge in [0.2, 0.25) is 5.91 Å².